The largest absolute Gasteiger partial charge is 0.310 e. The van der Waals surface area contributed by atoms with Crippen molar-refractivity contribution in [2.45, 2.75) is 46.1 Å². The van der Waals surface area contributed by atoms with Gasteiger partial charge in [0.1, 0.15) is 0 Å². The average Bonchev–Trinajstić information content (AvgIpc) is 2.55. The molecule has 0 spiro atoms. The Labute approximate surface area is 128 Å². The summed E-state index contributed by atoms with van der Waals surface area (Å²) in [4.78, 5) is 4.26. The van der Waals surface area contributed by atoms with Crippen molar-refractivity contribution < 1.29 is 0 Å². The van der Waals surface area contributed by atoms with Crippen LogP contribution in [0.2, 0.25) is 0 Å². The van der Waals surface area contributed by atoms with E-state index in [1.54, 1.807) is 0 Å². The summed E-state index contributed by atoms with van der Waals surface area (Å²) >= 11 is 0. The molecule has 0 aliphatic rings. The molecule has 0 saturated heterocycles. The zero-order valence-electron chi connectivity index (χ0n) is 13.4. The van der Waals surface area contributed by atoms with Crippen molar-refractivity contribution in [2.24, 2.45) is 0 Å². The predicted molar refractivity (Wildman–Crippen MR) is 89.6 cm³/mol. The van der Waals surface area contributed by atoms with Crippen LogP contribution in [0, 0.1) is 0 Å². The van der Waals surface area contributed by atoms with Gasteiger partial charge in [0.25, 0.3) is 0 Å². The number of pyridine rings is 1. The smallest absolute Gasteiger partial charge is 0.0364 e. The lowest BCUT2D eigenvalue weighted by Gasteiger charge is -2.21. The highest BCUT2D eigenvalue weighted by Gasteiger charge is 2.14. The van der Waals surface area contributed by atoms with Crippen LogP contribution in [-0.2, 0) is 19.3 Å². The van der Waals surface area contributed by atoms with Crippen molar-refractivity contribution in [1.82, 2.24) is 10.3 Å². The summed E-state index contributed by atoms with van der Waals surface area (Å²) in [5.74, 6) is 0. The second-order valence-electron chi connectivity index (χ2n) is 5.41. The van der Waals surface area contributed by atoms with Crippen molar-refractivity contribution in [1.29, 1.82) is 0 Å². The van der Waals surface area contributed by atoms with Gasteiger partial charge in [-0.15, -0.1) is 0 Å². The second-order valence-corrected chi connectivity index (χ2v) is 5.41. The van der Waals surface area contributed by atoms with Crippen LogP contribution in [0.1, 0.15) is 49.1 Å². The minimum Gasteiger partial charge on any atom is -0.310 e. The number of hydrogen-bond donors (Lipinski definition) is 1. The maximum Gasteiger partial charge on any atom is 0.0364 e. The summed E-state index contributed by atoms with van der Waals surface area (Å²) < 4.78 is 0. The standard InChI is InChI=1S/C19H26N2/c1-4-15-7-9-16(10-8-15)13-19(21-6-3)18-11-12-20-14-17(18)5-2/h7-12,14,19,21H,4-6,13H2,1-3H3. The van der Waals surface area contributed by atoms with Crippen LogP contribution >= 0.6 is 0 Å². The fourth-order valence-electron chi connectivity index (χ4n) is 2.76. The molecule has 2 rings (SSSR count). The monoisotopic (exact) mass is 282 g/mol. The van der Waals surface area contributed by atoms with E-state index in [4.69, 9.17) is 0 Å². The molecule has 0 saturated carbocycles. The molecule has 1 aromatic carbocycles. The first-order chi connectivity index (χ1) is 10.3. The van der Waals surface area contributed by atoms with Gasteiger partial charge in [-0.2, -0.15) is 0 Å². The van der Waals surface area contributed by atoms with Crippen molar-refractivity contribution in [3.8, 4) is 0 Å². The Balaban J connectivity index is 2.21. The highest BCUT2D eigenvalue weighted by atomic mass is 14.9. The molecular formula is C19H26N2. The second kappa shape index (κ2) is 7.94. The lowest BCUT2D eigenvalue weighted by Crippen LogP contribution is -2.24. The highest BCUT2D eigenvalue weighted by Crippen LogP contribution is 2.22. The van der Waals surface area contributed by atoms with E-state index >= 15 is 0 Å². The molecule has 0 amide bonds. The molecule has 2 aromatic rings. The first kappa shape index (κ1) is 15.7. The zero-order valence-corrected chi connectivity index (χ0v) is 13.4. The van der Waals surface area contributed by atoms with E-state index in [-0.39, 0.29) is 0 Å². The molecule has 1 unspecified atom stereocenters. The number of nitrogens with one attached hydrogen (secondary N) is 1. The molecule has 0 aliphatic carbocycles. The summed E-state index contributed by atoms with van der Waals surface area (Å²) in [7, 11) is 0. The van der Waals surface area contributed by atoms with Crippen LogP contribution in [0.3, 0.4) is 0 Å². The van der Waals surface area contributed by atoms with Gasteiger partial charge in [-0.1, -0.05) is 45.0 Å². The van der Waals surface area contributed by atoms with Crippen molar-refractivity contribution in [2.75, 3.05) is 6.54 Å². The molecule has 1 atom stereocenters. The fourth-order valence-corrected chi connectivity index (χ4v) is 2.76. The van der Waals surface area contributed by atoms with Crippen LogP contribution in [0.25, 0.3) is 0 Å². The molecule has 2 nitrogen and oxygen atoms in total. The Morgan fingerprint density at radius 1 is 0.952 bits per heavy atom. The van der Waals surface area contributed by atoms with E-state index in [0.29, 0.717) is 6.04 Å². The Bertz CT molecular complexity index is 546. The van der Waals surface area contributed by atoms with Crippen molar-refractivity contribution >= 4 is 0 Å². The van der Waals surface area contributed by atoms with Crippen LogP contribution in [0.5, 0.6) is 0 Å². The summed E-state index contributed by atoms with van der Waals surface area (Å²) in [6, 6.07) is 11.5. The molecule has 1 aromatic heterocycles. The average molecular weight is 282 g/mol. The first-order valence-electron chi connectivity index (χ1n) is 8.02. The maximum absolute atomic E-state index is 4.26. The van der Waals surface area contributed by atoms with E-state index < -0.39 is 0 Å². The van der Waals surface area contributed by atoms with Gasteiger partial charge in [-0.3, -0.25) is 4.98 Å². The number of hydrogen-bond acceptors (Lipinski definition) is 2. The fraction of sp³-hybridized carbons (Fsp3) is 0.421. The summed E-state index contributed by atoms with van der Waals surface area (Å²) in [5, 5.41) is 3.62. The van der Waals surface area contributed by atoms with E-state index in [1.807, 2.05) is 12.4 Å². The van der Waals surface area contributed by atoms with E-state index in [1.165, 1.54) is 22.3 Å². The molecule has 0 radical (unpaired) electrons. The number of rotatable bonds is 7. The molecule has 0 aliphatic heterocycles. The van der Waals surface area contributed by atoms with Crippen LogP contribution in [-0.4, -0.2) is 11.5 Å². The molecule has 112 valence electrons. The van der Waals surface area contributed by atoms with E-state index in [2.05, 4.69) is 61.4 Å². The first-order valence-corrected chi connectivity index (χ1v) is 8.02. The topological polar surface area (TPSA) is 24.9 Å². The van der Waals surface area contributed by atoms with Gasteiger partial charge in [-0.25, -0.2) is 0 Å². The van der Waals surface area contributed by atoms with Gasteiger partial charge >= 0.3 is 0 Å². The minimum absolute atomic E-state index is 0.362. The van der Waals surface area contributed by atoms with Gasteiger partial charge in [0.15, 0.2) is 0 Å². The van der Waals surface area contributed by atoms with Crippen molar-refractivity contribution in [3.63, 3.8) is 0 Å². The number of benzene rings is 1. The molecule has 0 fully saturated rings. The Morgan fingerprint density at radius 3 is 2.29 bits per heavy atom. The third kappa shape index (κ3) is 4.15. The lowest BCUT2D eigenvalue weighted by atomic mass is 9.94. The van der Waals surface area contributed by atoms with Gasteiger partial charge < -0.3 is 5.32 Å². The number of likely N-dealkylation sites (N-methyl/N-ethyl adjacent to an activating group) is 1. The quantitative estimate of drug-likeness (QED) is 0.827. The van der Waals surface area contributed by atoms with Gasteiger partial charge in [0, 0.05) is 18.4 Å². The molecule has 1 N–H and O–H groups in total. The molecule has 0 bridgehead atoms. The predicted octanol–water partition coefficient (Wildman–Crippen LogP) is 4.10. The number of nitrogens with zero attached hydrogens (tertiary/aromatic N) is 1. The van der Waals surface area contributed by atoms with Crippen LogP contribution in [0.4, 0.5) is 0 Å². The third-order valence-electron chi connectivity index (χ3n) is 4.02. The summed E-state index contributed by atoms with van der Waals surface area (Å²) in [6.45, 7) is 7.53. The Kier molecular flexibility index (Phi) is 5.94. The molecular weight excluding hydrogens is 256 g/mol. The van der Waals surface area contributed by atoms with E-state index in [0.717, 1.165) is 25.8 Å². The van der Waals surface area contributed by atoms with Gasteiger partial charge in [0.05, 0.1) is 0 Å². The lowest BCUT2D eigenvalue weighted by molar-refractivity contribution is 0.545. The van der Waals surface area contributed by atoms with Gasteiger partial charge in [-0.05, 0) is 54.1 Å². The summed E-state index contributed by atoms with van der Waals surface area (Å²) in [6.07, 6.45) is 7.05. The zero-order chi connectivity index (χ0) is 15.1. The number of aromatic nitrogens is 1. The molecule has 2 heteroatoms. The summed E-state index contributed by atoms with van der Waals surface area (Å²) in [5.41, 5.74) is 5.51. The highest BCUT2D eigenvalue weighted by molar-refractivity contribution is 5.30. The Morgan fingerprint density at radius 2 is 1.67 bits per heavy atom. The van der Waals surface area contributed by atoms with Crippen LogP contribution < -0.4 is 5.32 Å². The normalized spacial score (nSPS) is 12.3. The minimum atomic E-state index is 0.362. The molecule has 21 heavy (non-hydrogen) atoms. The van der Waals surface area contributed by atoms with Crippen LogP contribution in [0.15, 0.2) is 42.7 Å². The molecule has 1 heterocycles. The SMILES string of the molecule is CCNC(Cc1ccc(CC)cc1)c1ccncc1CC. The number of aryl methyl sites for hydroxylation is 2. The van der Waals surface area contributed by atoms with Gasteiger partial charge in [0.2, 0.25) is 0 Å². The van der Waals surface area contributed by atoms with E-state index in [9.17, 15) is 0 Å². The third-order valence-corrected chi connectivity index (χ3v) is 4.02. The maximum atomic E-state index is 4.26. The Hall–Kier alpha value is -1.67. The van der Waals surface area contributed by atoms with Crippen molar-refractivity contribution in [3.05, 3.63) is 65.0 Å².